The number of rotatable bonds is 4. The molecule has 0 amide bonds. The fourth-order valence-electron chi connectivity index (χ4n) is 5.25. The SMILES string of the molecule is CCC[C@H]1[C@H]2C[C@H](CN(S(=O)(=O)c3cccc4c3OCCO4)C2)c2cccc(=O)n21. The van der Waals surface area contributed by atoms with E-state index in [1.54, 1.807) is 34.6 Å². The van der Waals surface area contributed by atoms with E-state index in [1.165, 1.54) is 0 Å². The van der Waals surface area contributed by atoms with Crippen molar-refractivity contribution in [2.75, 3.05) is 26.3 Å². The molecule has 1 aromatic heterocycles. The van der Waals surface area contributed by atoms with E-state index in [4.69, 9.17) is 9.47 Å². The van der Waals surface area contributed by atoms with Gasteiger partial charge in [0.2, 0.25) is 10.0 Å². The fraction of sp³-hybridized carbons (Fsp3) is 0.500. The molecule has 1 aromatic carbocycles. The molecule has 160 valence electrons. The normalized spacial score (nSPS) is 25.6. The zero-order valence-electron chi connectivity index (χ0n) is 17.0. The highest BCUT2D eigenvalue weighted by atomic mass is 32.2. The van der Waals surface area contributed by atoms with E-state index in [0.717, 1.165) is 25.0 Å². The molecule has 4 heterocycles. The Labute approximate surface area is 176 Å². The van der Waals surface area contributed by atoms with E-state index >= 15 is 0 Å². The number of pyridine rings is 1. The Kier molecular flexibility index (Phi) is 4.86. The van der Waals surface area contributed by atoms with Gasteiger partial charge in [0.15, 0.2) is 11.5 Å². The summed E-state index contributed by atoms with van der Waals surface area (Å²) in [5.74, 6) is 0.904. The second-order valence-corrected chi connectivity index (χ2v) is 10.2. The second-order valence-electron chi connectivity index (χ2n) is 8.31. The molecule has 0 aliphatic carbocycles. The Morgan fingerprint density at radius 3 is 2.70 bits per heavy atom. The maximum absolute atomic E-state index is 13.7. The van der Waals surface area contributed by atoms with Crippen LogP contribution >= 0.6 is 0 Å². The lowest BCUT2D eigenvalue weighted by atomic mass is 9.78. The van der Waals surface area contributed by atoms with Gasteiger partial charge >= 0.3 is 0 Å². The van der Waals surface area contributed by atoms with E-state index in [-0.39, 0.29) is 28.3 Å². The lowest BCUT2D eigenvalue weighted by Gasteiger charge is -2.46. The van der Waals surface area contributed by atoms with Gasteiger partial charge in [-0.1, -0.05) is 25.5 Å². The minimum atomic E-state index is -3.76. The van der Waals surface area contributed by atoms with Crippen LogP contribution in [0.15, 0.2) is 46.1 Å². The van der Waals surface area contributed by atoms with Crippen LogP contribution in [0.3, 0.4) is 0 Å². The van der Waals surface area contributed by atoms with Gasteiger partial charge in [-0.15, -0.1) is 0 Å². The van der Waals surface area contributed by atoms with E-state index in [9.17, 15) is 13.2 Å². The van der Waals surface area contributed by atoms with Gasteiger partial charge in [-0.05, 0) is 37.0 Å². The monoisotopic (exact) mass is 430 g/mol. The van der Waals surface area contributed by atoms with Crippen molar-refractivity contribution in [2.24, 2.45) is 5.92 Å². The van der Waals surface area contributed by atoms with Crippen molar-refractivity contribution in [3.05, 3.63) is 52.4 Å². The number of nitrogens with zero attached hydrogens (tertiary/aromatic N) is 2. The summed E-state index contributed by atoms with van der Waals surface area (Å²) in [6.45, 7) is 3.62. The van der Waals surface area contributed by atoms with Crippen molar-refractivity contribution in [1.82, 2.24) is 8.87 Å². The Bertz CT molecular complexity index is 1130. The first-order chi connectivity index (χ1) is 14.5. The molecule has 1 fully saturated rings. The first-order valence-corrected chi connectivity index (χ1v) is 12.0. The number of benzene rings is 1. The third-order valence-electron chi connectivity index (χ3n) is 6.50. The summed E-state index contributed by atoms with van der Waals surface area (Å²) in [4.78, 5) is 12.8. The topological polar surface area (TPSA) is 77.8 Å². The van der Waals surface area contributed by atoms with Crippen LogP contribution in [0.4, 0.5) is 0 Å². The lowest BCUT2D eigenvalue weighted by Crippen LogP contribution is -2.51. The summed E-state index contributed by atoms with van der Waals surface area (Å²) in [5, 5.41) is 0. The highest BCUT2D eigenvalue weighted by Crippen LogP contribution is 2.45. The van der Waals surface area contributed by atoms with Crippen LogP contribution in [0.1, 0.15) is 43.8 Å². The summed E-state index contributed by atoms with van der Waals surface area (Å²) >= 11 is 0. The third kappa shape index (κ3) is 3.04. The molecule has 0 unspecified atom stereocenters. The van der Waals surface area contributed by atoms with Crippen LogP contribution in [0, 0.1) is 5.92 Å². The lowest BCUT2D eigenvalue weighted by molar-refractivity contribution is 0.135. The zero-order chi connectivity index (χ0) is 20.9. The number of hydrogen-bond donors (Lipinski definition) is 0. The molecule has 30 heavy (non-hydrogen) atoms. The van der Waals surface area contributed by atoms with Gasteiger partial charge in [0.1, 0.15) is 18.1 Å². The molecule has 2 aromatic rings. The average Bonchev–Trinajstić information content (AvgIpc) is 2.76. The number of fused-ring (bicyclic) bond motifs is 5. The van der Waals surface area contributed by atoms with Crippen molar-refractivity contribution >= 4 is 10.0 Å². The van der Waals surface area contributed by atoms with Gasteiger partial charge in [0.25, 0.3) is 5.56 Å². The molecule has 0 radical (unpaired) electrons. The van der Waals surface area contributed by atoms with Gasteiger partial charge in [-0.25, -0.2) is 8.42 Å². The van der Waals surface area contributed by atoms with Gasteiger partial charge in [-0.2, -0.15) is 4.31 Å². The molecule has 2 bridgehead atoms. The molecule has 8 heteroatoms. The van der Waals surface area contributed by atoms with Gasteiger partial charge in [-0.3, -0.25) is 4.79 Å². The first-order valence-electron chi connectivity index (χ1n) is 10.6. The molecule has 0 N–H and O–H groups in total. The number of aromatic nitrogens is 1. The van der Waals surface area contributed by atoms with Gasteiger partial charge < -0.3 is 14.0 Å². The summed E-state index contributed by atoms with van der Waals surface area (Å²) < 4.78 is 42.1. The second kappa shape index (κ2) is 7.42. The van der Waals surface area contributed by atoms with Crippen LogP contribution in [-0.2, 0) is 10.0 Å². The van der Waals surface area contributed by atoms with Gasteiger partial charge in [0, 0.05) is 36.8 Å². The van der Waals surface area contributed by atoms with Crippen molar-refractivity contribution in [3.63, 3.8) is 0 Å². The first kappa shape index (κ1) is 19.6. The standard InChI is InChI=1S/C22H26N2O5S/c1-2-5-17-15-12-16(18-6-3-9-21(25)24(17)18)14-23(13-15)30(26,27)20-8-4-7-19-22(20)29-11-10-28-19/h3-4,6-9,15-17H,2,5,10-14H2,1H3/t15-,16+,17-/m0/s1. The number of ether oxygens (including phenoxy) is 2. The Morgan fingerprint density at radius 1 is 1.07 bits per heavy atom. The molecule has 3 aliphatic rings. The van der Waals surface area contributed by atoms with Crippen LogP contribution in [0.2, 0.25) is 0 Å². The van der Waals surface area contributed by atoms with Gasteiger partial charge in [0.05, 0.1) is 0 Å². The molecule has 0 saturated carbocycles. The summed E-state index contributed by atoms with van der Waals surface area (Å²) in [5.41, 5.74) is 0.964. The van der Waals surface area contributed by atoms with Crippen LogP contribution in [0.25, 0.3) is 0 Å². The van der Waals surface area contributed by atoms with Crippen LogP contribution < -0.4 is 15.0 Å². The minimum Gasteiger partial charge on any atom is -0.486 e. The molecule has 7 nitrogen and oxygen atoms in total. The third-order valence-corrected chi connectivity index (χ3v) is 8.35. The number of sulfonamides is 1. The zero-order valence-corrected chi connectivity index (χ0v) is 17.8. The van der Waals surface area contributed by atoms with Crippen molar-refractivity contribution in [2.45, 2.75) is 43.0 Å². The van der Waals surface area contributed by atoms with Crippen LogP contribution in [0.5, 0.6) is 11.5 Å². The fourth-order valence-corrected chi connectivity index (χ4v) is 6.94. The number of piperidine rings is 1. The minimum absolute atomic E-state index is 0.0113. The predicted octanol–water partition coefficient (Wildman–Crippen LogP) is 2.77. The maximum atomic E-state index is 13.7. The number of para-hydroxylation sites is 1. The van der Waals surface area contributed by atoms with Crippen molar-refractivity contribution in [1.29, 1.82) is 0 Å². The average molecular weight is 431 g/mol. The Balaban J connectivity index is 1.55. The largest absolute Gasteiger partial charge is 0.486 e. The highest BCUT2D eigenvalue weighted by molar-refractivity contribution is 7.89. The van der Waals surface area contributed by atoms with Crippen LogP contribution in [-0.4, -0.2) is 43.6 Å². The molecule has 3 atom stereocenters. The Morgan fingerprint density at radius 2 is 1.87 bits per heavy atom. The summed E-state index contributed by atoms with van der Waals surface area (Å²) in [6, 6.07) is 10.4. The van der Waals surface area contributed by atoms with E-state index < -0.39 is 10.0 Å². The molecular weight excluding hydrogens is 404 g/mol. The van der Waals surface area contributed by atoms with E-state index in [2.05, 4.69) is 6.92 Å². The highest BCUT2D eigenvalue weighted by Gasteiger charge is 2.44. The molecule has 1 saturated heterocycles. The molecule has 5 rings (SSSR count). The molecule has 3 aliphatic heterocycles. The summed E-state index contributed by atoms with van der Waals surface area (Å²) in [6.07, 6.45) is 2.71. The predicted molar refractivity (Wildman–Crippen MR) is 112 cm³/mol. The van der Waals surface area contributed by atoms with Crippen molar-refractivity contribution in [3.8, 4) is 11.5 Å². The van der Waals surface area contributed by atoms with E-state index in [0.29, 0.717) is 37.8 Å². The maximum Gasteiger partial charge on any atom is 0.250 e. The summed E-state index contributed by atoms with van der Waals surface area (Å²) in [7, 11) is -3.76. The number of hydrogen-bond acceptors (Lipinski definition) is 5. The molecule has 0 spiro atoms. The quantitative estimate of drug-likeness (QED) is 0.745. The van der Waals surface area contributed by atoms with E-state index in [1.807, 2.05) is 10.6 Å². The van der Waals surface area contributed by atoms with Crippen molar-refractivity contribution < 1.29 is 17.9 Å². The Hall–Kier alpha value is -2.32. The molecular formula is C22H26N2O5S. The smallest absolute Gasteiger partial charge is 0.250 e.